The lowest BCUT2D eigenvalue weighted by Gasteiger charge is -2.21. The normalized spacial score (nSPS) is 11.3. The van der Waals surface area contributed by atoms with Crippen LogP contribution in [0, 0.1) is 11.7 Å². The van der Waals surface area contributed by atoms with Crippen molar-refractivity contribution in [3.8, 4) is 11.1 Å². The second-order valence-electron chi connectivity index (χ2n) is 6.97. The van der Waals surface area contributed by atoms with Crippen LogP contribution in [0.15, 0.2) is 47.3 Å². The number of benzene rings is 2. The third-order valence-corrected chi connectivity index (χ3v) is 4.52. The molecule has 0 aliphatic heterocycles. The lowest BCUT2D eigenvalue weighted by atomic mass is 9.94. The van der Waals surface area contributed by atoms with E-state index >= 15 is 0 Å². The standard InChI is InChI=1S/C21H22FN3O2/c1-12(2)11-25-18(10-23)19(13-4-3-5-15(22)8-13)17-9-14(20(24)26)6-7-16(17)21(25)27/h3-9,12H,10-11,23H2,1-2H3,(H2,24,26). The van der Waals surface area contributed by atoms with Gasteiger partial charge in [0.25, 0.3) is 5.56 Å². The van der Waals surface area contributed by atoms with E-state index in [0.29, 0.717) is 34.1 Å². The number of hydrogen-bond acceptors (Lipinski definition) is 3. The molecule has 1 heterocycles. The van der Waals surface area contributed by atoms with E-state index in [1.807, 2.05) is 13.8 Å². The number of hydrogen-bond donors (Lipinski definition) is 2. The molecule has 1 amide bonds. The van der Waals surface area contributed by atoms with E-state index in [9.17, 15) is 14.0 Å². The van der Waals surface area contributed by atoms with Gasteiger partial charge in [-0.25, -0.2) is 4.39 Å². The van der Waals surface area contributed by atoms with E-state index in [1.165, 1.54) is 18.2 Å². The van der Waals surface area contributed by atoms with E-state index in [0.717, 1.165) is 0 Å². The van der Waals surface area contributed by atoms with Crippen LogP contribution in [0.25, 0.3) is 21.9 Å². The zero-order valence-corrected chi connectivity index (χ0v) is 15.3. The van der Waals surface area contributed by atoms with Crippen LogP contribution >= 0.6 is 0 Å². The van der Waals surface area contributed by atoms with E-state index in [-0.39, 0.29) is 23.6 Å². The van der Waals surface area contributed by atoms with Crippen LogP contribution < -0.4 is 17.0 Å². The summed E-state index contributed by atoms with van der Waals surface area (Å²) in [5.41, 5.74) is 13.4. The lowest BCUT2D eigenvalue weighted by molar-refractivity contribution is 0.100. The molecule has 0 saturated carbocycles. The molecule has 0 spiro atoms. The highest BCUT2D eigenvalue weighted by Crippen LogP contribution is 2.32. The summed E-state index contributed by atoms with van der Waals surface area (Å²) in [6.45, 7) is 4.61. The van der Waals surface area contributed by atoms with Crippen LogP contribution in [-0.4, -0.2) is 10.5 Å². The van der Waals surface area contributed by atoms with Crippen LogP contribution in [0.3, 0.4) is 0 Å². The third-order valence-electron chi connectivity index (χ3n) is 4.52. The molecule has 0 saturated heterocycles. The first-order valence-corrected chi connectivity index (χ1v) is 8.78. The van der Waals surface area contributed by atoms with Crippen LogP contribution in [0.2, 0.25) is 0 Å². The number of aromatic nitrogens is 1. The minimum absolute atomic E-state index is 0.102. The van der Waals surface area contributed by atoms with E-state index in [4.69, 9.17) is 11.5 Å². The summed E-state index contributed by atoms with van der Waals surface area (Å²) in [5, 5.41) is 0.986. The Kier molecular flexibility index (Phi) is 5.10. The summed E-state index contributed by atoms with van der Waals surface area (Å²) in [5.74, 6) is -0.769. The highest BCUT2D eigenvalue weighted by Gasteiger charge is 2.19. The van der Waals surface area contributed by atoms with Crippen molar-refractivity contribution in [3.05, 3.63) is 69.9 Å². The lowest BCUT2D eigenvalue weighted by Crippen LogP contribution is -2.28. The summed E-state index contributed by atoms with van der Waals surface area (Å²) in [7, 11) is 0. The maximum absolute atomic E-state index is 13.9. The Hall–Kier alpha value is -2.99. The van der Waals surface area contributed by atoms with Crippen molar-refractivity contribution in [2.75, 3.05) is 0 Å². The van der Waals surface area contributed by atoms with Gasteiger partial charge in [0, 0.05) is 35.3 Å². The first-order valence-electron chi connectivity index (χ1n) is 8.78. The highest BCUT2D eigenvalue weighted by atomic mass is 19.1. The van der Waals surface area contributed by atoms with Crippen molar-refractivity contribution in [2.24, 2.45) is 17.4 Å². The molecule has 0 atom stereocenters. The van der Waals surface area contributed by atoms with Gasteiger partial charge < -0.3 is 16.0 Å². The Balaban J connectivity index is 2.50. The fourth-order valence-electron chi connectivity index (χ4n) is 3.39. The maximum Gasteiger partial charge on any atom is 0.258 e. The first-order chi connectivity index (χ1) is 12.8. The highest BCUT2D eigenvalue weighted by molar-refractivity contribution is 6.03. The monoisotopic (exact) mass is 367 g/mol. The smallest absolute Gasteiger partial charge is 0.258 e. The Morgan fingerprint density at radius 3 is 2.48 bits per heavy atom. The van der Waals surface area contributed by atoms with Gasteiger partial charge in [-0.15, -0.1) is 0 Å². The molecular weight excluding hydrogens is 345 g/mol. The molecule has 0 bridgehead atoms. The Labute approximate surface area is 156 Å². The average Bonchev–Trinajstić information content (AvgIpc) is 2.62. The summed E-state index contributed by atoms with van der Waals surface area (Å²) < 4.78 is 15.6. The van der Waals surface area contributed by atoms with Crippen LogP contribution in [0.1, 0.15) is 29.9 Å². The quantitative estimate of drug-likeness (QED) is 0.726. The molecule has 0 unspecified atom stereocenters. The molecule has 0 aliphatic rings. The third kappa shape index (κ3) is 3.48. The zero-order valence-electron chi connectivity index (χ0n) is 15.3. The topological polar surface area (TPSA) is 91.1 Å². The summed E-state index contributed by atoms with van der Waals surface area (Å²) in [6.07, 6.45) is 0. The van der Waals surface area contributed by atoms with Gasteiger partial charge in [0.2, 0.25) is 5.91 Å². The molecule has 3 rings (SSSR count). The molecule has 6 heteroatoms. The van der Waals surface area contributed by atoms with Gasteiger partial charge in [-0.2, -0.15) is 0 Å². The number of carbonyl (C=O) groups is 1. The second-order valence-corrected chi connectivity index (χ2v) is 6.97. The number of halogens is 1. The largest absolute Gasteiger partial charge is 0.366 e. The van der Waals surface area contributed by atoms with Crippen LogP contribution in [0.4, 0.5) is 4.39 Å². The van der Waals surface area contributed by atoms with Gasteiger partial charge in [-0.3, -0.25) is 9.59 Å². The van der Waals surface area contributed by atoms with Gasteiger partial charge >= 0.3 is 0 Å². The van der Waals surface area contributed by atoms with Gasteiger partial charge in [0.1, 0.15) is 5.82 Å². The van der Waals surface area contributed by atoms with Gasteiger partial charge in [0.15, 0.2) is 0 Å². The van der Waals surface area contributed by atoms with Gasteiger partial charge in [-0.05, 0) is 47.2 Å². The van der Waals surface area contributed by atoms with Gasteiger partial charge in [-0.1, -0.05) is 26.0 Å². The molecule has 0 radical (unpaired) electrons. The molecule has 3 aromatic rings. The van der Waals surface area contributed by atoms with E-state index in [1.54, 1.807) is 28.8 Å². The fraction of sp³-hybridized carbons (Fsp3) is 0.238. The predicted octanol–water partition coefficient (Wildman–Crippen LogP) is 3.02. The van der Waals surface area contributed by atoms with Gasteiger partial charge in [0.05, 0.1) is 0 Å². The SMILES string of the molecule is CC(C)Cn1c(CN)c(-c2cccc(F)c2)c2cc(C(N)=O)ccc2c1=O. The number of amides is 1. The molecule has 2 aromatic carbocycles. The minimum Gasteiger partial charge on any atom is -0.366 e. The van der Waals surface area contributed by atoms with E-state index < -0.39 is 11.7 Å². The second kappa shape index (κ2) is 7.32. The molecule has 27 heavy (non-hydrogen) atoms. The summed E-state index contributed by atoms with van der Waals surface area (Å²) in [6, 6.07) is 10.8. The minimum atomic E-state index is -0.595. The van der Waals surface area contributed by atoms with Crippen LogP contribution in [-0.2, 0) is 13.1 Å². The number of carbonyl (C=O) groups excluding carboxylic acids is 1. The number of primary amides is 1. The molecule has 5 nitrogen and oxygen atoms in total. The van der Waals surface area contributed by atoms with Crippen molar-refractivity contribution in [3.63, 3.8) is 0 Å². The van der Waals surface area contributed by atoms with Crippen LogP contribution in [0.5, 0.6) is 0 Å². The van der Waals surface area contributed by atoms with Crippen molar-refractivity contribution >= 4 is 16.7 Å². The molecule has 140 valence electrons. The summed E-state index contributed by atoms with van der Waals surface area (Å²) in [4.78, 5) is 24.7. The molecule has 4 N–H and O–H groups in total. The number of fused-ring (bicyclic) bond motifs is 1. The van der Waals surface area contributed by atoms with Crippen molar-refractivity contribution in [2.45, 2.75) is 26.9 Å². The predicted molar refractivity (Wildman–Crippen MR) is 105 cm³/mol. The molecule has 0 fully saturated rings. The summed E-state index contributed by atoms with van der Waals surface area (Å²) >= 11 is 0. The number of nitrogens with two attached hydrogens (primary N) is 2. The Morgan fingerprint density at radius 2 is 1.89 bits per heavy atom. The number of pyridine rings is 1. The zero-order chi connectivity index (χ0) is 19.7. The van der Waals surface area contributed by atoms with Crippen molar-refractivity contribution in [1.82, 2.24) is 4.57 Å². The fourth-order valence-corrected chi connectivity index (χ4v) is 3.39. The molecular formula is C21H22FN3O2. The Bertz CT molecular complexity index is 1090. The maximum atomic E-state index is 13.9. The number of rotatable bonds is 5. The van der Waals surface area contributed by atoms with Crippen molar-refractivity contribution < 1.29 is 9.18 Å². The molecule has 0 aliphatic carbocycles. The average molecular weight is 367 g/mol. The van der Waals surface area contributed by atoms with E-state index in [2.05, 4.69) is 0 Å². The first kappa shape index (κ1) is 18.8. The van der Waals surface area contributed by atoms with Crippen molar-refractivity contribution in [1.29, 1.82) is 0 Å². The molecule has 1 aromatic heterocycles. The Morgan fingerprint density at radius 1 is 1.15 bits per heavy atom. The number of nitrogens with zero attached hydrogens (tertiary/aromatic N) is 1.